The largest absolute Gasteiger partial charge is 0.508 e. The third-order valence-corrected chi connectivity index (χ3v) is 9.67. The van der Waals surface area contributed by atoms with Gasteiger partial charge in [0.1, 0.15) is 42.0 Å². The summed E-state index contributed by atoms with van der Waals surface area (Å²) in [5.41, 5.74) is 1.35. The molecule has 2 fully saturated rings. The van der Waals surface area contributed by atoms with Crippen LogP contribution in [0.2, 0.25) is 0 Å². The zero-order valence-corrected chi connectivity index (χ0v) is 32.3. The topological polar surface area (TPSA) is 199 Å². The van der Waals surface area contributed by atoms with E-state index in [2.05, 4.69) is 31.6 Å². The summed E-state index contributed by atoms with van der Waals surface area (Å²) in [5.74, 6) is -3.32. The van der Waals surface area contributed by atoms with E-state index in [9.17, 15) is 33.9 Å². The van der Waals surface area contributed by atoms with Crippen LogP contribution in [0.5, 0.6) is 5.75 Å². The van der Waals surface area contributed by atoms with Crippen LogP contribution in [0.15, 0.2) is 48.8 Å². The minimum atomic E-state index is -1.15. The predicted molar refractivity (Wildman–Crippen MR) is 203 cm³/mol. The second-order valence-electron chi connectivity index (χ2n) is 15.8. The Bertz CT molecular complexity index is 1620. The van der Waals surface area contributed by atoms with Gasteiger partial charge in [-0.2, -0.15) is 0 Å². The molecular formula is C40H57N7O7. The minimum absolute atomic E-state index is 0.00209. The number of hydrogen-bond acceptors (Lipinski definition) is 8. The number of fused-ring (bicyclic) bond motifs is 1. The molecule has 2 saturated heterocycles. The maximum absolute atomic E-state index is 14.2. The number of nitrogens with one attached hydrogen (secondary N) is 5. The Balaban J connectivity index is 1.78. The Morgan fingerprint density at radius 1 is 0.593 bits per heavy atom. The number of phenols is 1. The van der Waals surface area contributed by atoms with E-state index in [4.69, 9.17) is 0 Å². The first-order valence-corrected chi connectivity index (χ1v) is 19.1. The molecule has 14 nitrogen and oxygen atoms in total. The highest BCUT2D eigenvalue weighted by Gasteiger charge is 2.41. The van der Waals surface area contributed by atoms with E-state index in [0.29, 0.717) is 30.4 Å². The number of rotatable bonds is 10. The highest BCUT2D eigenvalue weighted by Crippen LogP contribution is 2.22. The number of pyridine rings is 1. The van der Waals surface area contributed by atoms with Gasteiger partial charge in [-0.1, -0.05) is 53.7 Å². The van der Waals surface area contributed by atoms with Gasteiger partial charge >= 0.3 is 0 Å². The SMILES string of the molecule is CC(C)C[C@@H]1NC(=O)[C@H](Cc2ccc(O)cc2)NC(=O)[C@@H]2CCCN2C(=O)[C@H](CC(C)C)NC(=O)[C@H](CC(C)C)NC(=O)[C@H](Cc2ccncc2)NC1=O. The van der Waals surface area contributed by atoms with Gasteiger partial charge in [0.15, 0.2) is 0 Å². The monoisotopic (exact) mass is 747 g/mol. The highest BCUT2D eigenvalue weighted by molar-refractivity contribution is 5.98. The summed E-state index contributed by atoms with van der Waals surface area (Å²) in [7, 11) is 0. The molecule has 0 radical (unpaired) electrons. The lowest BCUT2D eigenvalue weighted by atomic mass is 9.98. The van der Waals surface area contributed by atoms with Gasteiger partial charge in [0.25, 0.3) is 0 Å². The van der Waals surface area contributed by atoms with Gasteiger partial charge in [-0.05, 0) is 85.3 Å². The summed E-state index contributed by atoms with van der Waals surface area (Å²) in [6, 6.07) is 3.40. The predicted octanol–water partition coefficient (Wildman–Crippen LogP) is 2.14. The molecule has 6 N–H and O–H groups in total. The molecule has 6 amide bonds. The van der Waals surface area contributed by atoms with Crippen molar-refractivity contribution in [3.63, 3.8) is 0 Å². The van der Waals surface area contributed by atoms with Crippen LogP contribution in [0.25, 0.3) is 0 Å². The number of aromatic nitrogens is 1. The van der Waals surface area contributed by atoms with Gasteiger partial charge in [0.2, 0.25) is 35.4 Å². The lowest BCUT2D eigenvalue weighted by Gasteiger charge is -2.32. The third kappa shape index (κ3) is 12.0. The molecule has 14 heteroatoms. The van der Waals surface area contributed by atoms with Crippen LogP contribution in [0.4, 0.5) is 0 Å². The third-order valence-electron chi connectivity index (χ3n) is 9.67. The molecule has 0 saturated carbocycles. The first-order chi connectivity index (χ1) is 25.6. The molecule has 0 unspecified atom stereocenters. The zero-order valence-electron chi connectivity index (χ0n) is 32.3. The first kappa shape index (κ1) is 41.7. The molecule has 0 aliphatic carbocycles. The van der Waals surface area contributed by atoms with Crippen molar-refractivity contribution in [2.75, 3.05) is 6.54 Å². The lowest BCUT2D eigenvalue weighted by Crippen LogP contribution is -2.62. The van der Waals surface area contributed by atoms with Crippen molar-refractivity contribution in [3.05, 3.63) is 59.9 Å². The number of nitrogens with zero attached hydrogens (tertiary/aromatic N) is 2. The molecule has 1 aromatic carbocycles. The molecule has 0 bridgehead atoms. The second-order valence-corrected chi connectivity index (χ2v) is 15.8. The van der Waals surface area contributed by atoms with Crippen LogP contribution >= 0.6 is 0 Å². The van der Waals surface area contributed by atoms with E-state index >= 15 is 0 Å². The van der Waals surface area contributed by atoms with Crippen molar-refractivity contribution in [2.24, 2.45) is 17.8 Å². The van der Waals surface area contributed by atoms with Crippen molar-refractivity contribution in [1.29, 1.82) is 0 Å². The van der Waals surface area contributed by atoms with Gasteiger partial charge in [0.05, 0.1) is 0 Å². The number of carbonyl (C=O) groups is 6. The lowest BCUT2D eigenvalue weighted by molar-refractivity contribution is -0.143. The van der Waals surface area contributed by atoms with Crippen LogP contribution < -0.4 is 26.6 Å². The average Bonchev–Trinajstić information content (AvgIpc) is 3.60. The molecule has 4 rings (SSSR count). The van der Waals surface area contributed by atoms with Crippen molar-refractivity contribution >= 4 is 35.4 Å². The normalized spacial score (nSPS) is 25.0. The summed E-state index contributed by atoms with van der Waals surface area (Å²) >= 11 is 0. The molecule has 2 aromatic rings. The van der Waals surface area contributed by atoms with Crippen molar-refractivity contribution in [1.82, 2.24) is 36.5 Å². The van der Waals surface area contributed by atoms with E-state index in [1.807, 2.05) is 41.5 Å². The average molecular weight is 748 g/mol. The Morgan fingerprint density at radius 2 is 1.00 bits per heavy atom. The summed E-state index contributed by atoms with van der Waals surface area (Å²) in [4.78, 5) is 90.2. The zero-order chi connectivity index (χ0) is 39.5. The Labute approximate surface area is 318 Å². The smallest absolute Gasteiger partial charge is 0.245 e. The van der Waals surface area contributed by atoms with E-state index in [1.54, 1.807) is 36.7 Å². The number of hydrogen-bond donors (Lipinski definition) is 6. The van der Waals surface area contributed by atoms with Gasteiger partial charge in [-0.3, -0.25) is 33.8 Å². The van der Waals surface area contributed by atoms with Crippen molar-refractivity contribution in [3.8, 4) is 5.75 Å². The Hall–Kier alpha value is -5.01. The maximum Gasteiger partial charge on any atom is 0.245 e. The van der Waals surface area contributed by atoms with E-state index < -0.39 is 71.7 Å². The molecular weight excluding hydrogens is 690 g/mol. The maximum atomic E-state index is 14.2. The molecule has 6 atom stereocenters. The van der Waals surface area contributed by atoms with Crippen LogP contribution in [-0.2, 0) is 41.6 Å². The van der Waals surface area contributed by atoms with Gasteiger partial charge in [-0.15, -0.1) is 0 Å². The quantitative estimate of drug-likeness (QED) is 0.213. The number of carbonyl (C=O) groups excluding carboxylic acids is 6. The summed E-state index contributed by atoms with van der Waals surface area (Å²) in [5, 5.41) is 24.2. The van der Waals surface area contributed by atoms with Crippen molar-refractivity contribution in [2.45, 2.75) is 123 Å². The summed E-state index contributed by atoms with van der Waals surface area (Å²) < 4.78 is 0. The molecule has 0 spiro atoms. The van der Waals surface area contributed by atoms with Gasteiger partial charge in [0, 0.05) is 31.8 Å². The number of phenolic OH excluding ortho intramolecular Hbond substituents is 1. The molecule has 2 aliphatic heterocycles. The van der Waals surface area contributed by atoms with E-state index in [0.717, 1.165) is 0 Å². The first-order valence-electron chi connectivity index (χ1n) is 19.1. The van der Waals surface area contributed by atoms with Crippen LogP contribution in [0.1, 0.15) is 84.8 Å². The van der Waals surface area contributed by atoms with Gasteiger partial charge in [-0.25, -0.2) is 0 Å². The van der Waals surface area contributed by atoms with Crippen LogP contribution in [-0.4, -0.2) is 93.2 Å². The Kier molecular flexibility index (Phi) is 15.0. The van der Waals surface area contributed by atoms with E-state index in [-0.39, 0.29) is 55.7 Å². The van der Waals surface area contributed by atoms with E-state index in [1.165, 1.54) is 17.0 Å². The second kappa shape index (κ2) is 19.4. The number of benzene rings is 1. The fraction of sp³-hybridized carbons (Fsp3) is 0.575. The minimum Gasteiger partial charge on any atom is -0.508 e. The molecule has 54 heavy (non-hydrogen) atoms. The Morgan fingerprint density at radius 3 is 1.50 bits per heavy atom. The standard InChI is InChI=1S/C40H57N7O7/c1-23(2)18-29-35(49)44-31(22-27-13-15-41-16-14-27)37(51)43-30(19-24(3)4)36(50)46-33(20-25(5)6)40(54)47-17-7-8-34(47)39(53)45-32(38(52)42-29)21-26-9-11-28(48)12-10-26/h9-16,23-25,29-34,48H,7-8,17-22H2,1-6H3,(H,42,52)(H,43,51)(H,44,49)(H,45,53)(H,46,50)/t29-,30-,31-,32-,33-,34-/m0/s1. The van der Waals surface area contributed by atoms with Crippen LogP contribution in [0, 0.1) is 17.8 Å². The van der Waals surface area contributed by atoms with Crippen molar-refractivity contribution < 1.29 is 33.9 Å². The highest BCUT2D eigenvalue weighted by atomic mass is 16.3. The van der Waals surface area contributed by atoms with Gasteiger partial charge < -0.3 is 36.6 Å². The number of amides is 6. The fourth-order valence-electron chi connectivity index (χ4n) is 7.00. The molecule has 2 aliphatic rings. The fourth-order valence-corrected chi connectivity index (χ4v) is 7.00. The molecule has 3 heterocycles. The molecule has 1 aromatic heterocycles. The number of aromatic hydroxyl groups is 1. The summed E-state index contributed by atoms with van der Waals surface area (Å²) in [6.45, 7) is 11.8. The summed E-state index contributed by atoms with van der Waals surface area (Å²) in [6.07, 6.45) is 4.94. The van der Waals surface area contributed by atoms with Crippen LogP contribution in [0.3, 0.4) is 0 Å². The molecule has 294 valence electrons.